The van der Waals surface area contributed by atoms with Crippen molar-refractivity contribution in [3.8, 4) is 0 Å². The van der Waals surface area contributed by atoms with E-state index in [1.165, 1.54) is 6.92 Å². The van der Waals surface area contributed by atoms with Crippen molar-refractivity contribution in [2.75, 3.05) is 13.2 Å². The average Bonchev–Trinajstić information content (AvgIpc) is 2.59. The summed E-state index contributed by atoms with van der Waals surface area (Å²) < 4.78 is 21.6. The fraction of sp³-hybridized carbons (Fsp3) is 0.611. The van der Waals surface area contributed by atoms with Gasteiger partial charge in [0.25, 0.3) is 0 Å². The number of rotatable bonds is 8. The van der Waals surface area contributed by atoms with E-state index in [0.717, 1.165) is 12.0 Å². The van der Waals surface area contributed by atoms with Gasteiger partial charge in [-0.2, -0.15) is 0 Å². The van der Waals surface area contributed by atoms with Crippen LogP contribution in [0.2, 0.25) is 0 Å². The Morgan fingerprint density at radius 3 is 2.56 bits per heavy atom. The van der Waals surface area contributed by atoms with Gasteiger partial charge in [-0.05, 0) is 12.0 Å². The Morgan fingerprint density at radius 2 is 1.92 bits per heavy atom. The molecule has 1 aromatic rings. The minimum absolute atomic E-state index is 0.0753. The molecule has 5 unspecified atom stereocenters. The Labute approximate surface area is 147 Å². The van der Waals surface area contributed by atoms with E-state index in [4.69, 9.17) is 18.9 Å². The number of hydrogen-bond acceptors (Lipinski definition) is 7. The van der Waals surface area contributed by atoms with Crippen molar-refractivity contribution >= 4 is 5.97 Å². The summed E-state index contributed by atoms with van der Waals surface area (Å²) in [5, 5.41) is 20.7. The molecule has 2 N–H and O–H groups in total. The Morgan fingerprint density at radius 1 is 1.20 bits per heavy atom. The molecule has 0 aromatic heterocycles. The molecule has 0 spiro atoms. The molecule has 7 nitrogen and oxygen atoms in total. The molecule has 1 fully saturated rings. The molecule has 0 amide bonds. The molecule has 0 radical (unpaired) electrons. The fourth-order valence-corrected chi connectivity index (χ4v) is 2.67. The smallest absolute Gasteiger partial charge is 0.303 e. The Hall–Kier alpha value is -1.51. The fourth-order valence-electron chi connectivity index (χ4n) is 2.67. The molecule has 1 aromatic carbocycles. The van der Waals surface area contributed by atoms with Crippen LogP contribution in [0.25, 0.3) is 0 Å². The number of hydrogen-bond donors (Lipinski definition) is 2. The van der Waals surface area contributed by atoms with E-state index in [1.54, 1.807) is 0 Å². The van der Waals surface area contributed by atoms with E-state index in [1.807, 2.05) is 37.3 Å². The molecule has 2 rings (SSSR count). The zero-order valence-electron chi connectivity index (χ0n) is 14.5. The first-order valence-electron chi connectivity index (χ1n) is 8.45. The molecule has 5 atom stereocenters. The third-order valence-electron chi connectivity index (χ3n) is 3.85. The van der Waals surface area contributed by atoms with Gasteiger partial charge in [-0.25, -0.2) is 0 Å². The van der Waals surface area contributed by atoms with E-state index in [9.17, 15) is 15.0 Å². The van der Waals surface area contributed by atoms with Gasteiger partial charge in [-0.1, -0.05) is 37.3 Å². The van der Waals surface area contributed by atoms with E-state index in [-0.39, 0.29) is 6.61 Å². The molecular weight excluding hydrogens is 328 g/mol. The predicted molar refractivity (Wildman–Crippen MR) is 88.6 cm³/mol. The van der Waals surface area contributed by atoms with Crippen molar-refractivity contribution in [1.82, 2.24) is 0 Å². The lowest BCUT2D eigenvalue weighted by molar-refractivity contribution is -0.299. The standard InChI is InChI=1S/C18H26O7/c1-3-9-23-16-15(20)14(25-18(21)17(16)24-12(2)19)11-22-10-13-7-5-4-6-8-13/h4-8,14-18,20-21H,3,9-11H2,1-2H3. The number of aliphatic hydroxyl groups is 2. The van der Waals surface area contributed by atoms with Crippen LogP contribution in [0.15, 0.2) is 30.3 Å². The van der Waals surface area contributed by atoms with Crippen molar-refractivity contribution in [3.63, 3.8) is 0 Å². The third-order valence-corrected chi connectivity index (χ3v) is 3.85. The van der Waals surface area contributed by atoms with Crippen molar-refractivity contribution < 1.29 is 34.0 Å². The van der Waals surface area contributed by atoms with Gasteiger partial charge >= 0.3 is 5.97 Å². The molecule has 140 valence electrons. The maximum atomic E-state index is 11.2. The molecule has 7 heteroatoms. The molecule has 0 aliphatic carbocycles. The first-order valence-corrected chi connectivity index (χ1v) is 8.45. The van der Waals surface area contributed by atoms with E-state index >= 15 is 0 Å². The van der Waals surface area contributed by atoms with Crippen LogP contribution < -0.4 is 0 Å². The summed E-state index contributed by atoms with van der Waals surface area (Å²) in [6.45, 7) is 3.95. The molecule has 1 saturated heterocycles. The summed E-state index contributed by atoms with van der Waals surface area (Å²) in [7, 11) is 0. The third kappa shape index (κ3) is 5.76. The quantitative estimate of drug-likeness (QED) is 0.673. The maximum absolute atomic E-state index is 11.2. The molecular formula is C18H26O7. The lowest BCUT2D eigenvalue weighted by Crippen LogP contribution is -2.60. The van der Waals surface area contributed by atoms with Crippen LogP contribution >= 0.6 is 0 Å². The molecule has 0 saturated carbocycles. The summed E-state index contributed by atoms with van der Waals surface area (Å²) >= 11 is 0. The minimum Gasteiger partial charge on any atom is -0.454 e. The number of carbonyl (C=O) groups is 1. The second kappa shape index (κ2) is 9.84. The lowest BCUT2D eigenvalue weighted by Gasteiger charge is -2.41. The summed E-state index contributed by atoms with van der Waals surface area (Å²) in [4.78, 5) is 11.2. The Balaban J connectivity index is 1.96. The highest BCUT2D eigenvalue weighted by Crippen LogP contribution is 2.25. The average molecular weight is 354 g/mol. The Bertz CT molecular complexity index is 521. The van der Waals surface area contributed by atoms with Gasteiger partial charge in [-0.15, -0.1) is 0 Å². The van der Waals surface area contributed by atoms with Crippen molar-refractivity contribution in [2.24, 2.45) is 0 Å². The van der Waals surface area contributed by atoms with Crippen LogP contribution in [0.5, 0.6) is 0 Å². The Kier molecular flexibility index (Phi) is 7.80. The van der Waals surface area contributed by atoms with Crippen LogP contribution in [-0.4, -0.2) is 60.1 Å². The van der Waals surface area contributed by atoms with E-state index < -0.39 is 36.7 Å². The second-order valence-electron chi connectivity index (χ2n) is 5.97. The zero-order chi connectivity index (χ0) is 18.2. The minimum atomic E-state index is -1.39. The topological polar surface area (TPSA) is 94.5 Å². The highest BCUT2D eigenvalue weighted by Gasteiger charge is 2.47. The van der Waals surface area contributed by atoms with Gasteiger partial charge in [0.15, 0.2) is 12.4 Å². The summed E-state index contributed by atoms with van der Waals surface area (Å²) in [6, 6.07) is 9.59. The van der Waals surface area contributed by atoms with Crippen LogP contribution in [0, 0.1) is 0 Å². The van der Waals surface area contributed by atoms with Crippen LogP contribution in [0.3, 0.4) is 0 Å². The monoisotopic (exact) mass is 354 g/mol. The first kappa shape index (κ1) is 19.8. The number of aliphatic hydroxyl groups excluding tert-OH is 2. The van der Waals surface area contributed by atoms with Gasteiger partial charge in [0.2, 0.25) is 0 Å². The molecule has 0 bridgehead atoms. The number of esters is 1. The van der Waals surface area contributed by atoms with E-state index in [2.05, 4.69) is 0 Å². The van der Waals surface area contributed by atoms with Gasteiger partial charge in [-0.3, -0.25) is 4.79 Å². The molecule has 1 heterocycles. The zero-order valence-corrected chi connectivity index (χ0v) is 14.5. The van der Waals surface area contributed by atoms with Crippen molar-refractivity contribution in [1.29, 1.82) is 0 Å². The summed E-state index contributed by atoms with van der Waals surface area (Å²) in [6.07, 6.45) is -4.49. The maximum Gasteiger partial charge on any atom is 0.303 e. The van der Waals surface area contributed by atoms with Gasteiger partial charge in [0.05, 0.1) is 13.2 Å². The van der Waals surface area contributed by atoms with Gasteiger partial charge in [0, 0.05) is 13.5 Å². The largest absolute Gasteiger partial charge is 0.454 e. The normalized spacial score (nSPS) is 29.4. The van der Waals surface area contributed by atoms with Crippen LogP contribution in [-0.2, 0) is 30.3 Å². The van der Waals surface area contributed by atoms with Gasteiger partial charge in [0.1, 0.15) is 18.3 Å². The van der Waals surface area contributed by atoms with Gasteiger partial charge < -0.3 is 29.2 Å². The SMILES string of the molecule is CCCOC1C(O)C(COCc2ccccc2)OC(O)C1OC(C)=O. The number of carbonyl (C=O) groups excluding carboxylic acids is 1. The highest BCUT2D eigenvalue weighted by atomic mass is 16.7. The first-order chi connectivity index (χ1) is 12.0. The number of benzene rings is 1. The molecule has 1 aliphatic rings. The van der Waals surface area contributed by atoms with Crippen molar-refractivity contribution in [3.05, 3.63) is 35.9 Å². The predicted octanol–water partition coefficient (Wildman–Crippen LogP) is 1.01. The van der Waals surface area contributed by atoms with Crippen molar-refractivity contribution in [2.45, 2.75) is 57.6 Å². The van der Waals surface area contributed by atoms with Crippen LogP contribution in [0.4, 0.5) is 0 Å². The lowest BCUT2D eigenvalue weighted by atomic mass is 9.98. The highest BCUT2D eigenvalue weighted by molar-refractivity contribution is 5.66. The summed E-state index contributed by atoms with van der Waals surface area (Å²) in [5.74, 6) is -0.580. The molecule has 1 aliphatic heterocycles. The molecule has 25 heavy (non-hydrogen) atoms. The summed E-state index contributed by atoms with van der Waals surface area (Å²) in [5.41, 5.74) is 0.991. The van der Waals surface area contributed by atoms with Crippen LogP contribution in [0.1, 0.15) is 25.8 Å². The number of ether oxygens (including phenoxy) is 4. The van der Waals surface area contributed by atoms with E-state index in [0.29, 0.717) is 13.2 Å². The second-order valence-corrected chi connectivity index (χ2v) is 5.97.